The Morgan fingerprint density at radius 1 is 1.37 bits per heavy atom. The van der Waals surface area contributed by atoms with Crippen molar-refractivity contribution in [3.8, 4) is 0 Å². The molecule has 0 spiro atoms. The molecule has 0 fully saturated rings. The number of aldehydes is 1. The standard InChI is InChI=1S/C12H25N5O2/c1-8(2)6-9(7-18)17-11(19)10(13)4-3-5-16-12(14)15/h7-10H,3-6,13H2,1-2H3,(H,17,19)(H4,14,15,16)/t9-,10-/m0/s1. The highest BCUT2D eigenvalue weighted by molar-refractivity contribution is 5.84. The maximum Gasteiger partial charge on any atom is 0.237 e. The molecule has 0 aromatic carbocycles. The van der Waals surface area contributed by atoms with Gasteiger partial charge in [0.15, 0.2) is 5.96 Å². The quantitative estimate of drug-likeness (QED) is 0.186. The first-order valence-corrected chi connectivity index (χ1v) is 6.43. The van der Waals surface area contributed by atoms with Crippen LogP contribution < -0.4 is 22.5 Å². The van der Waals surface area contributed by atoms with E-state index in [2.05, 4.69) is 10.3 Å². The molecule has 0 aliphatic heterocycles. The number of guanidine groups is 1. The molecule has 0 aliphatic carbocycles. The van der Waals surface area contributed by atoms with Crippen LogP contribution in [0.15, 0.2) is 4.99 Å². The summed E-state index contributed by atoms with van der Waals surface area (Å²) in [5.74, 6) is 0.0343. The summed E-state index contributed by atoms with van der Waals surface area (Å²) in [5, 5.41) is 2.63. The van der Waals surface area contributed by atoms with Crippen LogP contribution in [0, 0.1) is 5.92 Å². The van der Waals surface area contributed by atoms with Crippen LogP contribution in [-0.4, -0.2) is 36.8 Å². The summed E-state index contributed by atoms with van der Waals surface area (Å²) in [6.45, 7) is 4.40. The topological polar surface area (TPSA) is 137 Å². The second-order valence-corrected chi connectivity index (χ2v) is 4.94. The summed E-state index contributed by atoms with van der Waals surface area (Å²) >= 11 is 0. The van der Waals surface area contributed by atoms with Crippen molar-refractivity contribution in [1.29, 1.82) is 0 Å². The van der Waals surface area contributed by atoms with Gasteiger partial charge in [0.05, 0.1) is 12.1 Å². The first-order chi connectivity index (χ1) is 8.86. The zero-order valence-corrected chi connectivity index (χ0v) is 11.6. The molecule has 0 aromatic rings. The lowest BCUT2D eigenvalue weighted by molar-refractivity contribution is -0.125. The van der Waals surface area contributed by atoms with Gasteiger partial charge in [-0.25, -0.2) is 0 Å². The Morgan fingerprint density at radius 2 is 2.00 bits per heavy atom. The van der Waals surface area contributed by atoms with Gasteiger partial charge in [-0.2, -0.15) is 0 Å². The average Bonchev–Trinajstić information content (AvgIpc) is 2.32. The number of rotatable bonds is 9. The Balaban J connectivity index is 4.04. The molecule has 0 unspecified atom stereocenters. The number of nitrogens with zero attached hydrogens (tertiary/aromatic N) is 1. The zero-order chi connectivity index (χ0) is 14.8. The normalized spacial score (nSPS) is 13.7. The zero-order valence-electron chi connectivity index (χ0n) is 11.6. The fourth-order valence-corrected chi connectivity index (χ4v) is 1.60. The third-order valence-corrected chi connectivity index (χ3v) is 2.52. The second kappa shape index (κ2) is 9.32. The molecule has 0 aromatic heterocycles. The summed E-state index contributed by atoms with van der Waals surface area (Å²) in [4.78, 5) is 26.4. The van der Waals surface area contributed by atoms with Gasteiger partial charge in [-0.15, -0.1) is 0 Å². The third-order valence-electron chi connectivity index (χ3n) is 2.52. The van der Waals surface area contributed by atoms with Crippen molar-refractivity contribution in [1.82, 2.24) is 5.32 Å². The highest BCUT2D eigenvalue weighted by atomic mass is 16.2. The van der Waals surface area contributed by atoms with E-state index in [1.165, 1.54) is 0 Å². The average molecular weight is 271 g/mol. The molecule has 0 bridgehead atoms. The fraction of sp³-hybridized carbons (Fsp3) is 0.750. The van der Waals surface area contributed by atoms with Crippen LogP contribution in [0.2, 0.25) is 0 Å². The number of carbonyl (C=O) groups excluding carboxylic acids is 2. The largest absolute Gasteiger partial charge is 0.370 e. The van der Waals surface area contributed by atoms with E-state index in [1.54, 1.807) is 0 Å². The number of nitrogens with one attached hydrogen (secondary N) is 1. The predicted octanol–water partition coefficient (Wildman–Crippen LogP) is -0.903. The molecule has 19 heavy (non-hydrogen) atoms. The first kappa shape index (κ1) is 17.4. The van der Waals surface area contributed by atoms with Crippen molar-refractivity contribution in [3.63, 3.8) is 0 Å². The van der Waals surface area contributed by atoms with Crippen molar-refractivity contribution < 1.29 is 9.59 Å². The van der Waals surface area contributed by atoms with Crippen molar-refractivity contribution in [2.45, 2.75) is 45.2 Å². The van der Waals surface area contributed by atoms with E-state index >= 15 is 0 Å². The summed E-state index contributed by atoms with van der Waals surface area (Å²) in [6.07, 6.45) is 2.43. The lowest BCUT2D eigenvalue weighted by Crippen LogP contribution is -2.46. The second-order valence-electron chi connectivity index (χ2n) is 4.94. The Labute approximate surface area is 114 Å². The summed E-state index contributed by atoms with van der Waals surface area (Å²) in [5.41, 5.74) is 16.1. The minimum absolute atomic E-state index is 0.0241. The Hall–Kier alpha value is -1.63. The van der Waals surface area contributed by atoms with Crippen LogP contribution in [0.5, 0.6) is 0 Å². The van der Waals surface area contributed by atoms with E-state index < -0.39 is 12.1 Å². The summed E-state index contributed by atoms with van der Waals surface area (Å²) < 4.78 is 0. The van der Waals surface area contributed by atoms with Gasteiger partial charge in [0.2, 0.25) is 5.91 Å². The van der Waals surface area contributed by atoms with Crippen molar-refractivity contribution in [3.05, 3.63) is 0 Å². The van der Waals surface area contributed by atoms with Crippen LogP contribution in [0.4, 0.5) is 0 Å². The lowest BCUT2D eigenvalue weighted by atomic mass is 10.0. The van der Waals surface area contributed by atoms with Crippen LogP contribution in [0.25, 0.3) is 0 Å². The van der Waals surface area contributed by atoms with Crippen molar-refractivity contribution >= 4 is 18.2 Å². The fourth-order valence-electron chi connectivity index (χ4n) is 1.60. The number of nitrogens with two attached hydrogens (primary N) is 3. The van der Waals surface area contributed by atoms with Gasteiger partial charge in [0.25, 0.3) is 0 Å². The van der Waals surface area contributed by atoms with Gasteiger partial charge in [-0.1, -0.05) is 13.8 Å². The number of hydrogen-bond donors (Lipinski definition) is 4. The Morgan fingerprint density at radius 3 is 2.47 bits per heavy atom. The highest BCUT2D eigenvalue weighted by Crippen LogP contribution is 2.03. The third kappa shape index (κ3) is 9.01. The molecule has 7 nitrogen and oxygen atoms in total. The Bertz CT molecular complexity index is 313. The SMILES string of the molecule is CC(C)C[C@@H](C=O)NC(=O)[C@@H](N)CCCN=C(N)N. The summed E-state index contributed by atoms with van der Waals surface area (Å²) in [7, 11) is 0. The molecule has 0 saturated carbocycles. The minimum Gasteiger partial charge on any atom is -0.370 e. The lowest BCUT2D eigenvalue weighted by Gasteiger charge is -2.17. The van der Waals surface area contributed by atoms with E-state index in [9.17, 15) is 9.59 Å². The number of carbonyl (C=O) groups is 2. The highest BCUT2D eigenvalue weighted by Gasteiger charge is 2.18. The van der Waals surface area contributed by atoms with Crippen molar-refractivity contribution in [2.24, 2.45) is 28.1 Å². The summed E-state index contributed by atoms with van der Waals surface area (Å²) in [6, 6.07) is -1.12. The molecule has 0 radical (unpaired) electrons. The maximum absolute atomic E-state index is 11.7. The van der Waals surface area contributed by atoms with Crippen LogP contribution in [0.1, 0.15) is 33.1 Å². The number of aliphatic imine (C=N–C) groups is 1. The van der Waals surface area contributed by atoms with Gasteiger partial charge < -0.3 is 27.3 Å². The smallest absolute Gasteiger partial charge is 0.237 e. The molecule has 110 valence electrons. The van der Waals surface area contributed by atoms with Gasteiger partial charge in [0, 0.05) is 6.54 Å². The monoisotopic (exact) mass is 271 g/mol. The molecular formula is C12H25N5O2. The minimum atomic E-state index is -0.649. The molecule has 0 aliphatic rings. The maximum atomic E-state index is 11.7. The molecule has 0 rings (SSSR count). The van der Waals surface area contributed by atoms with Gasteiger partial charge in [-0.05, 0) is 25.2 Å². The van der Waals surface area contributed by atoms with Crippen molar-refractivity contribution in [2.75, 3.05) is 6.54 Å². The van der Waals surface area contributed by atoms with Crippen LogP contribution >= 0.6 is 0 Å². The molecule has 2 atom stereocenters. The Kier molecular flexibility index (Phi) is 8.52. The van der Waals surface area contributed by atoms with Crippen LogP contribution in [-0.2, 0) is 9.59 Å². The number of hydrogen-bond acceptors (Lipinski definition) is 4. The first-order valence-electron chi connectivity index (χ1n) is 6.43. The van der Waals surface area contributed by atoms with E-state index in [1.807, 2.05) is 13.8 Å². The molecule has 0 saturated heterocycles. The van der Waals surface area contributed by atoms with Gasteiger partial charge in [-0.3, -0.25) is 9.79 Å². The van der Waals surface area contributed by atoms with E-state index in [4.69, 9.17) is 17.2 Å². The van der Waals surface area contributed by atoms with Gasteiger partial charge >= 0.3 is 0 Å². The molecule has 0 heterocycles. The van der Waals surface area contributed by atoms with Crippen LogP contribution in [0.3, 0.4) is 0 Å². The van der Waals surface area contributed by atoms with E-state index in [-0.39, 0.29) is 11.9 Å². The van der Waals surface area contributed by atoms with Gasteiger partial charge in [0.1, 0.15) is 6.29 Å². The number of amides is 1. The molecular weight excluding hydrogens is 246 g/mol. The molecule has 7 N–H and O–H groups in total. The predicted molar refractivity (Wildman–Crippen MR) is 75.3 cm³/mol. The van der Waals surface area contributed by atoms with E-state index in [0.29, 0.717) is 31.7 Å². The molecule has 1 amide bonds. The molecule has 7 heteroatoms. The van der Waals surface area contributed by atoms with E-state index in [0.717, 1.165) is 6.29 Å².